The van der Waals surface area contributed by atoms with Crippen LogP contribution in [0.4, 0.5) is 5.69 Å². The lowest BCUT2D eigenvalue weighted by molar-refractivity contribution is 0.881. The van der Waals surface area contributed by atoms with Gasteiger partial charge in [-0.15, -0.1) is 11.8 Å². The minimum Gasteiger partial charge on any atom is -0.377 e. The Morgan fingerprint density at radius 1 is 1.19 bits per heavy atom. The van der Waals surface area contributed by atoms with Crippen molar-refractivity contribution in [2.24, 2.45) is 0 Å². The summed E-state index contributed by atoms with van der Waals surface area (Å²) in [5.41, 5.74) is 4.19. The Morgan fingerprint density at radius 2 is 1.90 bits per heavy atom. The van der Waals surface area contributed by atoms with Crippen molar-refractivity contribution in [1.29, 1.82) is 5.26 Å². The molecule has 0 aliphatic rings. The van der Waals surface area contributed by atoms with E-state index in [1.807, 2.05) is 24.5 Å². The lowest BCUT2D eigenvalue weighted by Gasteiger charge is -2.18. The third-order valence-corrected chi connectivity index (χ3v) is 4.40. The molecular formula is C18H20N2S. The van der Waals surface area contributed by atoms with Gasteiger partial charge in [0.05, 0.1) is 11.3 Å². The third kappa shape index (κ3) is 3.59. The Hall–Kier alpha value is -1.92. The summed E-state index contributed by atoms with van der Waals surface area (Å²) in [4.78, 5) is 1.01. The van der Waals surface area contributed by atoms with Crippen molar-refractivity contribution >= 4 is 17.4 Å². The van der Waals surface area contributed by atoms with Crippen LogP contribution in [0.1, 0.15) is 36.6 Å². The van der Waals surface area contributed by atoms with Crippen LogP contribution in [0.15, 0.2) is 47.4 Å². The molecule has 1 unspecified atom stereocenters. The molecule has 3 heteroatoms. The Labute approximate surface area is 131 Å². The predicted molar refractivity (Wildman–Crippen MR) is 90.8 cm³/mol. The lowest BCUT2D eigenvalue weighted by atomic mass is 10.0. The zero-order valence-electron chi connectivity index (χ0n) is 12.7. The van der Waals surface area contributed by atoms with Gasteiger partial charge in [0.25, 0.3) is 0 Å². The maximum absolute atomic E-state index is 9.38. The number of nitrogens with one attached hydrogen (secondary N) is 1. The van der Waals surface area contributed by atoms with Gasteiger partial charge in [-0.25, -0.2) is 0 Å². The molecule has 2 rings (SSSR count). The SMILES string of the molecule is CCc1ccc(C(C)Nc2cccc(SC)c2C#N)cc1. The number of aryl methyl sites for hydroxylation is 1. The molecule has 2 aromatic carbocycles. The van der Waals surface area contributed by atoms with Gasteiger partial charge in [0.2, 0.25) is 0 Å². The molecule has 0 heterocycles. The van der Waals surface area contributed by atoms with E-state index in [0.717, 1.165) is 22.6 Å². The van der Waals surface area contributed by atoms with Crippen molar-refractivity contribution in [3.63, 3.8) is 0 Å². The number of hydrogen-bond donors (Lipinski definition) is 1. The number of benzene rings is 2. The first-order valence-electron chi connectivity index (χ1n) is 7.12. The minimum atomic E-state index is 0.167. The minimum absolute atomic E-state index is 0.167. The quantitative estimate of drug-likeness (QED) is 0.787. The molecule has 0 saturated carbocycles. The maximum Gasteiger partial charge on any atom is 0.102 e. The topological polar surface area (TPSA) is 35.8 Å². The van der Waals surface area contributed by atoms with Gasteiger partial charge in [0.15, 0.2) is 0 Å². The predicted octanol–water partition coefficient (Wildman–Crippen LogP) is 5.02. The Balaban J connectivity index is 2.23. The van der Waals surface area contributed by atoms with Crippen LogP contribution in [0.2, 0.25) is 0 Å². The average Bonchev–Trinajstić information content (AvgIpc) is 2.54. The van der Waals surface area contributed by atoms with E-state index in [9.17, 15) is 5.26 Å². The van der Waals surface area contributed by atoms with Crippen molar-refractivity contribution in [1.82, 2.24) is 0 Å². The molecule has 1 atom stereocenters. The second-order valence-corrected chi connectivity index (χ2v) is 5.80. The molecule has 0 amide bonds. The van der Waals surface area contributed by atoms with E-state index in [2.05, 4.69) is 49.5 Å². The molecule has 0 aliphatic carbocycles. The molecule has 108 valence electrons. The van der Waals surface area contributed by atoms with Crippen molar-refractivity contribution in [3.8, 4) is 6.07 Å². The van der Waals surface area contributed by atoms with Crippen molar-refractivity contribution in [2.45, 2.75) is 31.2 Å². The van der Waals surface area contributed by atoms with Crippen LogP contribution in [0.3, 0.4) is 0 Å². The van der Waals surface area contributed by atoms with Gasteiger partial charge in [-0.2, -0.15) is 5.26 Å². The molecule has 2 aromatic rings. The monoisotopic (exact) mass is 296 g/mol. The van der Waals surface area contributed by atoms with Crippen molar-refractivity contribution in [3.05, 3.63) is 59.2 Å². The summed E-state index contributed by atoms with van der Waals surface area (Å²) in [6.45, 7) is 4.28. The van der Waals surface area contributed by atoms with Crippen LogP contribution in [-0.4, -0.2) is 6.26 Å². The number of nitrogens with zero attached hydrogens (tertiary/aromatic N) is 1. The Morgan fingerprint density at radius 3 is 2.48 bits per heavy atom. The number of thioether (sulfide) groups is 1. The van der Waals surface area contributed by atoms with E-state index < -0.39 is 0 Å². The van der Waals surface area contributed by atoms with Gasteiger partial charge in [0, 0.05) is 10.9 Å². The van der Waals surface area contributed by atoms with E-state index in [-0.39, 0.29) is 6.04 Å². The van der Waals surface area contributed by atoms with Gasteiger partial charge in [-0.3, -0.25) is 0 Å². The van der Waals surface area contributed by atoms with E-state index >= 15 is 0 Å². The molecule has 0 spiro atoms. The first-order chi connectivity index (χ1) is 10.2. The highest BCUT2D eigenvalue weighted by molar-refractivity contribution is 7.98. The highest BCUT2D eigenvalue weighted by atomic mass is 32.2. The number of rotatable bonds is 5. The number of nitriles is 1. The summed E-state index contributed by atoms with van der Waals surface area (Å²) in [7, 11) is 0. The number of anilines is 1. The molecule has 0 aliphatic heterocycles. The average molecular weight is 296 g/mol. The molecule has 0 fully saturated rings. The highest BCUT2D eigenvalue weighted by Crippen LogP contribution is 2.29. The lowest BCUT2D eigenvalue weighted by Crippen LogP contribution is -2.08. The number of hydrogen-bond acceptors (Lipinski definition) is 3. The zero-order valence-corrected chi connectivity index (χ0v) is 13.5. The first kappa shape index (κ1) is 15.5. The van der Waals surface area contributed by atoms with Crippen LogP contribution in [-0.2, 0) is 6.42 Å². The van der Waals surface area contributed by atoms with Crippen LogP contribution < -0.4 is 5.32 Å². The summed E-state index contributed by atoms with van der Waals surface area (Å²) in [5, 5.41) is 12.8. The fourth-order valence-corrected chi connectivity index (χ4v) is 2.87. The van der Waals surface area contributed by atoms with Crippen LogP contribution >= 0.6 is 11.8 Å². The van der Waals surface area contributed by atoms with E-state index in [1.165, 1.54) is 11.1 Å². The van der Waals surface area contributed by atoms with Crippen LogP contribution in [0, 0.1) is 11.3 Å². The van der Waals surface area contributed by atoms with Gasteiger partial charge in [-0.1, -0.05) is 37.3 Å². The molecule has 2 nitrogen and oxygen atoms in total. The third-order valence-electron chi connectivity index (χ3n) is 3.62. The molecule has 0 aromatic heterocycles. The molecule has 0 radical (unpaired) electrons. The molecule has 0 saturated heterocycles. The maximum atomic E-state index is 9.38. The Bertz CT molecular complexity index is 641. The van der Waals surface area contributed by atoms with Crippen LogP contribution in [0.5, 0.6) is 0 Å². The molecule has 21 heavy (non-hydrogen) atoms. The zero-order chi connectivity index (χ0) is 15.2. The van der Waals surface area contributed by atoms with Gasteiger partial charge in [0.1, 0.15) is 6.07 Å². The molecule has 0 bridgehead atoms. The fraction of sp³-hybridized carbons (Fsp3) is 0.278. The molecular weight excluding hydrogens is 276 g/mol. The largest absolute Gasteiger partial charge is 0.377 e. The van der Waals surface area contributed by atoms with Crippen molar-refractivity contribution in [2.75, 3.05) is 11.6 Å². The second-order valence-electron chi connectivity index (χ2n) is 4.96. The van der Waals surface area contributed by atoms with Crippen molar-refractivity contribution < 1.29 is 0 Å². The van der Waals surface area contributed by atoms with Gasteiger partial charge in [-0.05, 0) is 42.9 Å². The van der Waals surface area contributed by atoms with E-state index in [1.54, 1.807) is 11.8 Å². The normalized spacial score (nSPS) is 11.7. The van der Waals surface area contributed by atoms with E-state index in [4.69, 9.17) is 0 Å². The second kappa shape index (κ2) is 7.19. The van der Waals surface area contributed by atoms with E-state index in [0.29, 0.717) is 0 Å². The van der Waals surface area contributed by atoms with Gasteiger partial charge >= 0.3 is 0 Å². The highest BCUT2D eigenvalue weighted by Gasteiger charge is 2.11. The summed E-state index contributed by atoms with van der Waals surface area (Å²) >= 11 is 1.60. The summed E-state index contributed by atoms with van der Waals surface area (Å²) in [6.07, 6.45) is 3.04. The fourth-order valence-electron chi connectivity index (χ4n) is 2.30. The summed E-state index contributed by atoms with van der Waals surface area (Å²) in [6, 6.07) is 17.0. The summed E-state index contributed by atoms with van der Waals surface area (Å²) in [5.74, 6) is 0. The van der Waals surface area contributed by atoms with Gasteiger partial charge < -0.3 is 5.32 Å². The smallest absolute Gasteiger partial charge is 0.102 e. The Kier molecular flexibility index (Phi) is 5.30. The molecule has 1 N–H and O–H groups in total. The summed E-state index contributed by atoms with van der Waals surface area (Å²) < 4.78 is 0. The van der Waals surface area contributed by atoms with Crippen LogP contribution in [0.25, 0.3) is 0 Å². The standard InChI is InChI=1S/C18H20N2S/c1-4-14-8-10-15(11-9-14)13(2)20-17-6-5-7-18(21-3)16(17)12-19/h5-11,13,20H,4H2,1-3H3. The first-order valence-corrected chi connectivity index (χ1v) is 8.34.